The smallest absolute Gasteiger partial charge is 0.329 e. The van der Waals surface area contributed by atoms with E-state index in [-0.39, 0.29) is 11.8 Å². The number of carboxylic acids is 1. The lowest BCUT2D eigenvalue weighted by molar-refractivity contribution is -0.158. The number of nitrogens with zero attached hydrogens (tertiary/aromatic N) is 1. The summed E-state index contributed by atoms with van der Waals surface area (Å²) < 4.78 is 5.63. The van der Waals surface area contributed by atoms with Crippen LogP contribution in [0.4, 0.5) is 0 Å². The van der Waals surface area contributed by atoms with Crippen molar-refractivity contribution < 1.29 is 19.4 Å². The monoisotopic (exact) mass is 289 g/mol. The average Bonchev–Trinajstić information content (AvgIpc) is 2.54. The van der Waals surface area contributed by atoms with Gasteiger partial charge in [-0.3, -0.25) is 9.69 Å². The predicted molar refractivity (Wildman–Crippen MR) is 75.1 cm³/mol. The molecular weight excluding hydrogens is 266 g/mol. The van der Waals surface area contributed by atoms with Gasteiger partial charge in [0.1, 0.15) is 5.72 Å². The molecule has 0 aromatic heterocycles. The molecule has 1 rings (SSSR count). The fraction of sp³-hybridized carbons (Fsp3) is 0.846. The van der Waals surface area contributed by atoms with E-state index in [0.29, 0.717) is 0 Å². The quantitative estimate of drug-likeness (QED) is 0.836. The summed E-state index contributed by atoms with van der Waals surface area (Å²) in [6.45, 7) is 7.02. The van der Waals surface area contributed by atoms with Crippen LogP contribution in [0.3, 0.4) is 0 Å². The normalized spacial score (nSPS) is 27.3. The molecule has 0 unspecified atom stereocenters. The molecule has 6 heteroatoms. The Morgan fingerprint density at radius 3 is 2.53 bits per heavy atom. The Bertz CT molecular complexity index is 359. The van der Waals surface area contributed by atoms with Crippen LogP contribution in [0.2, 0.25) is 0 Å². The zero-order valence-corrected chi connectivity index (χ0v) is 13.0. The molecule has 1 aliphatic heterocycles. The lowest BCUT2D eigenvalue weighted by Gasteiger charge is -2.34. The molecule has 0 radical (unpaired) electrons. The van der Waals surface area contributed by atoms with Crippen LogP contribution in [0.15, 0.2) is 0 Å². The predicted octanol–water partition coefficient (Wildman–Crippen LogP) is 1.81. The van der Waals surface area contributed by atoms with E-state index in [0.717, 1.165) is 12.2 Å². The summed E-state index contributed by atoms with van der Waals surface area (Å²) >= 11 is 1.68. The van der Waals surface area contributed by atoms with Crippen molar-refractivity contribution in [1.82, 2.24) is 4.90 Å². The molecule has 5 nitrogen and oxygen atoms in total. The van der Waals surface area contributed by atoms with Crippen molar-refractivity contribution in [2.75, 3.05) is 12.0 Å². The van der Waals surface area contributed by atoms with Crippen molar-refractivity contribution in [3.63, 3.8) is 0 Å². The largest absolute Gasteiger partial charge is 0.480 e. The van der Waals surface area contributed by atoms with Gasteiger partial charge in [0.2, 0.25) is 5.91 Å². The van der Waals surface area contributed by atoms with E-state index in [9.17, 15) is 14.7 Å². The molecule has 3 atom stereocenters. The molecule has 0 spiro atoms. The average molecular weight is 289 g/mol. The molecule has 0 aromatic rings. The third kappa shape index (κ3) is 3.42. The number of ether oxygens (including phenoxy) is 1. The number of carbonyl (C=O) groups is 2. The van der Waals surface area contributed by atoms with Crippen molar-refractivity contribution in [3.05, 3.63) is 0 Å². The molecule has 1 amide bonds. The van der Waals surface area contributed by atoms with Crippen LogP contribution in [0.5, 0.6) is 0 Å². The molecular formula is C13H23NO4S. The summed E-state index contributed by atoms with van der Waals surface area (Å²) in [4.78, 5) is 25.3. The minimum atomic E-state index is -1.01. The fourth-order valence-corrected chi connectivity index (χ4v) is 3.08. The van der Waals surface area contributed by atoms with Gasteiger partial charge in [0.25, 0.3) is 0 Å². The minimum Gasteiger partial charge on any atom is -0.480 e. The first-order chi connectivity index (χ1) is 8.72. The number of aliphatic carboxylic acids is 1. The summed E-state index contributed by atoms with van der Waals surface area (Å²) in [5.74, 6) is -0.461. The number of amides is 1. The van der Waals surface area contributed by atoms with Crippen LogP contribution in [-0.2, 0) is 14.3 Å². The zero-order chi connectivity index (χ0) is 14.8. The highest BCUT2D eigenvalue weighted by atomic mass is 32.2. The van der Waals surface area contributed by atoms with Crippen molar-refractivity contribution in [1.29, 1.82) is 0 Å². The Hall–Kier alpha value is -0.750. The lowest BCUT2D eigenvalue weighted by atomic mass is 10.0. The van der Waals surface area contributed by atoms with Gasteiger partial charge in [-0.2, -0.15) is 11.8 Å². The van der Waals surface area contributed by atoms with Gasteiger partial charge in [-0.25, -0.2) is 4.79 Å². The number of carboxylic acid groups (broad SMARTS) is 1. The second-order valence-corrected chi connectivity index (χ2v) is 6.43. The summed E-state index contributed by atoms with van der Waals surface area (Å²) in [5, 5.41) is 9.32. The first-order valence-corrected chi connectivity index (χ1v) is 7.84. The van der Waals surface area contributed by atoms with E-state index in [1.165, 1.54) is 4.90 Å². The third-order valence-electron chi connectivity index (χ3n) is 3.44. The van der Waals surface area contributed by atoms with Crippen LogP contribution in [0.1, 0.15) is 34.1 Å². The molecule has 1 heterocycles. The van der Waals surface area contributed by atoms with E-state index in [4.69, 9.17) is 4.74 Å². The number of thioether (sulfide) groups is 1. The van der Waals surface area contributed by atoms with Crippen molar-refractivity contribution in [2.24, 2.45) is 5.92 Å². The Morgan fingerprint density at radius 2 is 2.05 bits per heavy atom. The van der Waals surface area contributed by atoms with Crippen LogP contribution in [0.25, 0.3) is 0 Å². The summed E-state index contributed by atoms with van der Waals surface area (Å²) in [6.07, 6.45) is 2.24. The molecule has 0 aliphatic carbocycles. The fourth-order valence-electron chi connectivity index (χ4n) is 2.49. The molecule has 0 aromatic carbocycles. The number of carbonyl (C=O) groups excluding carboxylic acids is 1. The SMILES string of the molecule is CSCC[C@H](C)C(=O)N1[C@H](C(=O)O)[C@@H](C)OC1(C)C. The molecule has 1 saturated heterocycles. The molecule has 1 aliphatic rings. The van der Waals surface area contributed by atoms with Gasteiger partial charge in [0.05, 0.1) is 6.10 Å². The van der Waals surface area contributed by atoms with Crippen LogP contribution < -0.4 is 0 Å². The van der Waals surface area contributed by atoms with Gasteiger partial charge in [-0.05, 0) is 39.2 Å². The van der Waals surface area contributed by atoms with Gasteiger partial charge >= 0.3 is 5.97 Å². The van der Waals surface area contributed by atoms with Crippen LogP contribution in [-0.4, -0.2) is 51.8 Å². The summed E-state index contributed by atoms with van der Waals surface area (Å²) in [5.41, 5.74) is -0.868. The highest BCUT2D eigenvalue weighted by molar-refractivity contribution is 7.98. The van der Waals surface area contributed by atoms with Gasteiger partial charge < -0.3 is 9.84 Å². The third-order valence-corrected chi connectivity index (χ3v) is 4.09. The Kier molecular flexibility index (Phi) is 5.26. The topological polar surface area (TPSA) is 66.8 Å². The number of hydrogen-bond donors (Lipinski definition) is 1. The summed E-state index contributed by atoms with van der Waals surface area (Å²) in [6, 6.07) is -0.903. The van der Waals surface area contributed by atoms with Gasteiger partial charge in [0, 0.05) is 5.92 Å². The Morgan fingerprint density at radius 1 is 1.47 bits per heavy atom. The lowest BCUT2D eigenvalue weighted by Crippen LogP contribution is -2.53. The molecule has 110 valence electrons. The maximum atomic E-state index is 12.5. The maximum Gasteiger partial charge on any atom is 0.329 e. The van der Waals surface area contributed by atoms with Crippen LogP contribution in [0, 0.1) is 5.92 Å². The first-order valence-electron chi connectivity index (χ1n) is 6.45. The molecule has 19 heavy (non-hydrogen) atoms. The van der Waals surface area contributed by atoms with Crippen LogP contribution >= 0.6 is 11.8 Å². The van der Waals surface area contributed by atoms with E-state index in [2.05, 4.69) is 0 Å². The molecule has 0 bridgehead atoms. The standard InChI is InChI=1S/C13H23NO4S/c1-8(6-7-19-5)11(15)14-10(12(16)17)9(2)18-13(14,3)4/h8-10H,6-7H2,1-5H3,(H,16,17)/t8-,9+,10-/m0/s1. The molecule has 1 N–H and O–H groups in total. The van der Waals surface area contributed by atoms with Crippen molar-refractivity contribution >= 4 is 23.6 Å². The van der Waals surface area contributed by atoms with Crippen molar-refractivity contribution in [3.8, 4) is 0 Å². The highest BCUT2D eigenvalue weighted by Crippen LogP contribution is 2.34. The highest BCUT2D eigenvalue weighted by Gasteiger charge is 2.52. The Balaban J connectivity index is 2.92. The van der Waals surface area contributed by atoms with Gasteiger partial charge in [-0.15, -0.1) is 0 Å². The number of rotatable bonds is 5. The van der Waals surface area contributed by atoms with E-state index < -0.39 is 23.8 Å². The molecule has 1 fully saturated rings. The maximum absolute atomic E-state index is 12.5. The number of hydrogen-bond acceptors (Lipinski definition) is 4. The first kappa shape index (κ1) is 16.3. The minimum absolute atomic E-state index is 0.143. The van der Waals surface area contributed by atoms with E-state index >= 15 is 0 Å². The van der Waals surface area contributed by atoms with Crippen molar-refractivity contribution in [2.45, 2.75) is 52.0 Å². The second kappa shape index (κ2) is 6.13. The molecule has 0 saturated carbocycles. The van der Waals surface area contributed by atoms with Gasteiger partial charge in [-0.1, -0.05) is 6.92 Å². The van der Waals surface area contributed by atoms with Gasteiger partial charge in [0.15, 0.2) is 6.04 Å². The second-order valence-electron chi connectivity index (χ2n) is 5.44. The zero-order valence-electron chi connectivity index (χ0n) is 12.2. The van der Waals surface area contributed by atoms with E-state index in [1.807, 2.05) is 13.2 Å². The summed E-state index contributed by atoms with van der Waals surface area (Å²) in [7, 11) is 0. The van der Waals surface area contributed by atoms with E-state index in [1.54, 1.807) is 32.5 Å². The Labute approximate surface area is 118 Å².